The van der Waals surface area contributed by atoms with E-state index in [-0.39, 0.29) is 11.8 Å². The highest BCUT2D eigenvalue weighted by atomic mass is 35.5. The van der Waals surface area contributed by atoms with Crippen molar-refractivity contribution in [2.45, 2.75) is 51.4 Å². The number of benzene rings is 2. The summed E-state index contributed by atoms with van der Waals surface area (Å²) in [7, 11) is 0. The molecule has 2 aliphatic carbocycles. The molecule has 2 amide bonds. The van der Waals surface area contributed by atoms with Gasteiger partial charge in [-0.3, -0.25) is 24.5 Å². The molecular formula is C45H39Cl2N5O2. The molecule has 5 heterocycles. The van der Waals surface area contributed by atoms with Crippen LogP contribution in [0, 0.1) is 0 Å². The fourth-order valence-corrected chi connectivity index (χ4v) is 9.15. The van der Waals surface area contributed by atoms with Gasteiger partial charge in [-0.2, -0.15) is 0 Å². The number of fused-ring (bicyclic) bond motifs is 4. The number of hydrogen-bond donors (Lipinski definition) is 0. The van der Waals surface area contributed by atoms with Crippen molar-refractivity contribution in [2.75, 3.05) is 26.2 Å². The molecule has 270 valence electrons. The fourth-order valence-electron chi connectivity index (χ4n) is 8.76. The van der Waals surface area contributed by atoms with Gasteiger partial charge in [0.05, 0.1) is 22.5 Å². The molecule has 4 aliphatic rings. The number of likely N-dealkylation sites (tertiary alicyclic amines) is 2. The molecule has 2 saturated heterocycles. The van der Waals surface area contributed by atoms with Crippen molar-refractivity contribution in [1.29, 1.82) is 0 Å². The highest BCUT2D eigenvalue weighted by molar-refractivity contribution is 6.31. The van der Waals surface area contributed by atoms with Crippen molar-refractivity contribution < 1.29 is 9.59 Å². The zero-order chi connectivity index (χ0) is 36.8. The van der Waals surface area contributed by atoms with Crippen molar-refractivity contribution in [2.24, 2.45) is 0 Å². The molecule has 0 saturated carbocycles. The number of piperidine rings is 2. The van der Waals surface area contributed by atoms with Crippen LogP contribution < -0.4 is 0 Å². The predicted molar refractivity (Wildman–Crippen MR) is 213 cm³/mol. The molecule has 2 aliphatic heterocycles. The van der Waals surface area contributed by atoms with E-state index in [1.165, 1.54) is 55.7 Å². The van der Waals surface area contributed by atoms with Gasteiger partial charge >= 0.3 is 0 Å². The predicted octanol–water partition coefficient (Wildman–Crippen LogP) is 8.85. The van der Waals surface area contributed by atoms with Gasteiger partial charge in [-0.05, 0) is 127 Å². The number of carbonyl (C=O) groups is 2. The summed E-state index contributed by atoms with van der Waals surface area (Å²) in [6, 6.07) is 22.4. The minimum Gasteiger partial charge on any atom is -0.338 e. The van der Waals surface area contributed by atoms with Crippen LogP contribution in [0.3, 0.4) is 0 Å². The van der Waals surface area contributed by atoms with E-state index in [1.807, 2.05) is 46.5 Å². The second-order valence-corrected chi connectivity index (χ2v) is 15.5. The van der Waals surface area contributed by atoms with Gasteiger partial charge in [0.25, 0.3) is 11.8 Å². The number of rotatable bonds is 2. The molecule has 3 aromatic heterocycles. The smallest absolute Gasteiger partial charge is 0.255 e. The monoisotopic (exact) mass is 751 g/mol. The van der Waals surface area contributed by atoms with Crippen LogP contribution in [0.5, 0.6) is 0 Å². The van der Waals surface area contributed by atoms with E-state index in [9.17, 15) is 9.59 Å². The van der Waals surface area contributed by atoms with Gasteiger partial charge in [-0.15, -0.1) is 0 Å². The first-order valence-corrected chi connectivity index (χ1v) is 19.6. The lowest BCUT2D eigenvalue weighted by molar-refractivity contribution is 0.0741. The van der Waals surface area contributed by atoms with Gasteiger partial charge in [0.2, 0.25) is 0 Å². The molecule has 9 heteroatoms. The first-order valence-electron chi connectivity index (χ1n) is 18.8. The van der Waals surface area contributed by atoms with Crippen LogP contribution in [0.15, 0.2) is 103 Å². The first-order chi connectivity index (χ1) is 26.4. The van der Waals surface area contributed by atoms with E-state index >= 15 is 0 Å². The number of aryl methyl sites for hydroxylation is 4. The number of carbonyl (C=O) groups excluding carboxylic acids is 2. The molecule has 5 aromatic rings. The van der Waals surface area contributed by atoms with E-state index in [0.29, 0.717) is 37.3 Å². The largest absolute Gasteiger partial charge is 0.338 e. The van der Waals surface area contributed by atoms with Crippen molar-refractivity contribution in [3.8, 4) is 0 Å². The van der Waals surface area contributed by atoms with Crippen LogP contribution in [-0.2, 0) is 25.7 Å². The maximum Gasteiger partial charge on any atom is 0.255 e. The summed E-state index contributed by atoms with van der Waals surface area (Å²) >= 11 is 12.8. The summed E-state index contributed by atoms with van der Waals surface area (Å²) in [5.41, 5.74) is 15.3. The Hall–Kier alpha value is -5.11. The third-order valence-electron chi connectivity index (χ3n) is 11.5. The molecule has 9 rings (SSSR count). The SMILES string of the molecule is O=C(c1cncc(C(=O)N2CCC(=C3c4ccc(Cl)cc4CCc4cccnc43)CC2)c1)N1CCC(=C2c3ccc(Cl)cc3CCc3cccnc32)CC1. The number of pyridine rings is 3. The molecule has 54 heavy (non-hydrogen) atoms. The van der Waals surface area contributed by atoms with Gasteiger partial charge in [0.15, 0.2) is 0 Å². The Balaban J connectivity index is 0.916. The third kappa shape index (κ3) is 6.54. The van der Waals surface area contributed by atoms with Crippen LogP contribution in [0.4, 0.5) is 0 Å². The molecule has 0 radical (unpaired) electrons. The lowest BCUT2D eigenvalue weighted by Crippen LogP contribution is -2.38. The van der Waals surface area contributed by atoms with E-state index in [1.54, 1.807) is 18.5 Å². The maximum atomic E-state index is 13.9. The van der Waals surface area contributed by atoms with Gasteiger partial charge in [-0.25, -0.2) is 0 Å². The quantitative estimate of drug-likeness (QED) is 0.180. The zero-order valence-corrected chi connectivity index (χ0v) is 31.5. The summed E-state index contributed by atoms with van der Waals surface area (Å²) in [5, 5.41) is 1.48. The van der Waals surface area contributed by atoms with Crippen molar-refractivity contribution in [3.63, 3.8) is 0 Å². The molecule has 7 nitrogen and oxygen atoms in total. The normalized spacial score (nSPS) is 16.9. The average molecular weight is 753 g/mol. The van der Waals surface area contributed by atoms with Crippen LogP contribution in [0.1, 0.15) is 91.2 Å². The van der Waals surface area contributed by atoms with Crippen LogP contribution in [-0.4, -0.2) is 62.7 Å². The van der Waals surface area contributed by atoms with E-state index in [0.717, 1.165) is 72.8 Å². The minimum atomic E-state index is -0.100. The Morgan fingerprint density at radius 2 is 0.944 bits per heavy atom. The second kappa shape index (κ2) is 14.6. The second-order valence-electron chi connectivity index (χ2n) is 14.6. The summed E-state index contributed by atoms with van der Waals surface area (Å²) in [4.78, 5) is 45.6. The summed E-state index contributed by atoms with van der Waals surface area (Å²) in [6.45, 7) is 2.32. The van der Waals surface area contributed by atoms with Crippen LogP contribution in [0.2, 0.25) is 10.0 Å². The molecule has 0 spiro atoms. The molecule has 0 N–H and O–H groups in total. The van der Waals surface area contributed by atoms with E-state index in [4.69, 9.17) is 33.2 Å². The molecule has 0 atom stereocenters. The van der Waals surface area contributed by atoms with E-state index < -0.39 is 0 Å². The Labute approximate surface area is 325 Å². The molecular weight excluding hydrogens is 713 g/mol. The summed E-state index contributed by atoms with van der Waals surface area (Å²) in [6.07, 6.45) is 13.5. The Morgan fingerprint density at radius 1 is 0.519 bits per heavy atom. The highest BCUT2D eigenvalue weighted by Gasteiger charge is 2.30. The zero-order valence-electron chi connectivity index (χ0n) is 30.0. The number of amides is 2. The lowest BCUT2D eigenvalue weighted by Gasteiger charge is -2.31. The summed E-state index contributed by atoms with van der Waals surface area (Å²) < 4.78 is 0. The summed E-state index contributed by atoms with van der Waals surface area (Å²) in [5.74, 6) is -0.200. The highest BCUT2D eigenvalue weighted by Crippen LogP contribution is 2.40. The van der Waals surface area contributed by atoms with Gasteiger partial charge in [0, 0.05) is 72.2 Å². The molecule has 0 unspecified atom stereocenters. The average Bonchev–Trinajstić information content (AvgIpc) is 3.48. The molecule has 0 bridgehead atoms. The van der Waals surface area contributed by atoms with Crippen LogP contribution >= 0.6 is 23.2 Å². The van der Waals surface area contributed by atoms with Crippen molar-refractivity contribution in [3.05, 3.63) is 169 Å². The van der Waals surface area contributed by atoms with Gasteiger partial charge in [0.1, 0.15) is 0 Å². The number of hydrogen-bond acceptors (Lipinski definition) is 5. The Bertz CT molecular complexity index is 2220. The van der Waals surface area contributed by atoms with Crippen molar-refractivity contribution in [1.82, 2.24) is 24.8 Å². The Morgan fingerprint density at radius 3 is 1.39 bits per heavy atom. The fraction of sp³-hybridized carbons (Fsp3) is 0.267. The molecule has 2 fully saturated rings. The number of aromatic nitrogens is 3. The molecule has 2 aromatic carbocycles. The van der Waals surface area contributed by atoms with Gasteiger partial charge < -0.3 is 9.80 Å². The Kier molecular flexibility index (Phi) is 9.37. The standard InChI is InChI=1S/C45H39Cl2N5O2/c46-36-9-11-38-32(24-36)7-5-30-3-1-17-49-42(30)40(38)28-13-19-51(20-14-28)44(53)34-23-35(27-48-26-34)45(54)52-21-15-29(16-22-52)41-39-12-10-37(47)25-33(39)8-6-31-4-2-18-50-43(31)41/h1-4,9-12,17-18,23-27H,5-8,13-16,19-22H2. The first kappa shape index (κ1) is 34.6. The lowest BCUT2D eigenvalue weighted by atomic mass is 9.88. The van der Waals surface area contributed by atoms with Crippen molar-refractivity contribution >= 4 is 46.2 Å². The topological polar surface area (TPSA) is 79.3 Å². The van der Waals surface area contributed by atoms with Crippen LogP contribution in [0.25, 0.3) is 11.1 Å². The van der Waals surface area contributed by atoms with Gasteiger partial charge in [-0.1, -0.05) is 58.6 Å². The minimum absolute atomic E-state index is 0.100. The maximum absolute atomic E-state index is 13.9. The third-order valence-corrected chi connectivity index (χ3v) is 12.0. The van der Waals surface area contributed by atoms with E-state index in [2.05, 4.69) is 41.4 Å². The number of nitrogens with zero attached hydrogens (tertiary/aromatic N) is 5. The number of halogens is 2.